The Hall–Kier alpha value is -1.39. The molecule has 0 radical (unpaired) electrons. The van der Waals surface area contributed by atoms with Crippen LogP contribution in [0.2, 0.25) is 0 Å². The molecule has 0 unspecified atom stereocenters. The zero-order chi connectivity index (χ0) is 11.0. The molecule has 0 aliphatic heterocycles. The Bertz CT molecular complexity index is 235. The van der Waals surface area contributed by atoms with Crippen LogP contribution in [0.25, 0.3) is 0 Å². The van der Waals surface area contributed by atoms with Gasteiger partial charge < -0.3 is 9.47 Å². The molecule has 0 heterocycles. The van der Waals surface area contributed by atoms with Gasteiger partial charge >= 0.3 is 11.9 Å². The van der Waals surface area contributed by atoms with Gasteiger partial charge in [-0.25, -0.2) is 4.79 Å². The van der Waals surface area contributed by atoms with Crippen LogP contribution in [0.15, 0.2) is 11.9 Å². The van der Waals surface area contributed by atoms with Crippen molar-refractivity contribution in [2.45, 2.75) is 19.8 Å². The monoisotopic (exact) mass is 204 g/mol. The fourth-order valence-electron chi connectivity index (χ4n) is 0.702. The molecular formula is C9H13FO4. The number of halogens is 1. The summed E-state index contributed by atoms with van der Waals surface area (Å²) in [6.45, 7) is 1.71. The molecule has 0 amide bonds. The molecule has 80 valence electrons. The van der Waals surface area contributed by atoms with Crippen LogP contribution in [0.1, 0.15) is 19.8 Å². The number of allylic oxidation sites excluding steroid dienone is 1. The van der Waals surface area contributed by atoms with Gasteiger partial charge in [0.15, 0.2) is 0 Å². The first-order valence-electron chi connectivity index (χ1n) is 4.21. The highest BCUT2D eigenvalue weighted by atomic mass is 19.1. The maximum absolute atomic E-state index is 12.8. The van der Waals surface area contributed by atoms with Gasteiger partial charge in [-0.2, -0.15) is 4.39 Å². The maximum Gasteiger partial charge on any atom is 0.366 e. The summed E-state index contributed by atoms with van der Waals surface area (Å²) in [7, 11) is 1.24. The van der Waals surface area contributed by atoms with E-state index in [9.17, 15) is 14.0 Å². The summed E-state index contributed by atoms with van der Waals surface area (Å²) < 4.78 is 21.5. The summed E-state index contributed by atoms with van der Waals surface area (Å²) in [5.74, 6) is -2.42. The molecule has 0 spiro atoms. The van der Waals surface area contributed by atoms with Gasteiger partial charge in [-0.15, -0.1) is 0 Å². The Labute approximate surface area is 81.7 Å². The summed E-state index contributed by atoms with van der Waals surface area (Å²) in [5.41, 5.74) is 0. The van der Waals surface area contributed by atoms with Gasteiger partial charge in [-0.1, -0.05) is 0 Å². The number of rotatable bonds is 5. The van der Waals surface area contributed by atoms with Gasteiger partial charge in [-0.05, 0) is 19.4 Å². The van der Waals surface area contributed by atoms with E-state index in [-0.39, 0.29) is 19.4 Å². The lowest BCUT2D eigenvalue weighted by Gasteiger charge is -1.98. The first kappa shape index (κ1) is 12.6. The summed E-state index contributed by atoms with van der Waals surface area (Å²) in [6.07, 6.45) is 1.18. The molecule has 0 aromatic carbocycles. The number of hydrogen-bond acceptors (Lipinski definition) is 4. The van der Waals surface area contributed by atoms with Crippen LogP contribution in [0.5, 0.6) is 0 Å². The van der Waals surface area contributed by atoms with Crippen molar-refractivity contribution in [3.05, 3.63) is 11.9 Å². The average Bonchev–Trinajstić information content (AvgIpc) is 2.17. The maximum atomic E-state index is 12.8. The number of hydrogen-bond donors (Lipinski definition) is 0. The predicted octanol–water partition coefficient (Wildman–Crippen LogP) is 1.36. The summed E-state index contributed by atoms with van der Waals surface area (Å²) in [5, 5.41) is 0. The molecule has 0 saturated carbocycles. The summed E-state index contributed by atoms with van der Waals surface area (Å²) in [4.78, 5) is 21.3. The van der Waals surface area contributed by atoms with E-state index in [1.807, 2.05) is 0 Å². The molecule has 14 heavy (non-hydrogen) atoms. The van der Waals surface area contributed by atoms with E-state index in [1.54, 1.807) is 6.92 Å². The molecule has 0 aliphatic carbocycles. The van der Waals surface area contributed by atoms with Gasteiger partial charge in [0.25, 0.3) is 0 Å². The summed E-state index contributed by atoms with van der Waals surface area (Å²) in [6, 6.07) is 0. The Kier molecular flexibility index (Phi) is 6.36. The fourth-order valence-corrected chi connectivity index (χ4v) is 0.702. The Morgan fingerprint density at radius 1 is 1.43 bits per heavy atom. The van der Waals surface area contributed by atoms with Crippen molar-refractivity contribution in [2.75, 3.05) is 13.7 Å². The predicted molar refractivity (Wildman–Crippen MR) is 47.1 cm³/mol. The second-order valence-electron chi connectivity index (χ2n) is 2.39. The smallest absolute Gasteiger partial charge is 0.366 e. The standard InChI is InChI=1S/C9H13FO4/c1-3-14-9(12)7(10)5-4-6-8(11)13-2/h5H,3-4,6H2,1-2H3/b7-5-. The highest BCUT2D eigenvalue weighted by molar-refractivity contribution is 5.85. The van der Waals surface area contributed by atoms with Gasteiger partial charge in [0.1, 0.15) is 0 Å². The highest BCUT2D eigenvalue weighted by Gasteiger charge is 2.08. The molecular weight excluding hydrogens is 191 g/mol. The molecule has 0 bridgehead atoms. The lowest BCUT2D eigenvalue weighted by Crippen LogP contribution is -2.04. The second kappa shape index (κ2) is 7.06. The van der Waals surface area contributed by atoms with Crippen molar-refractivity contribution >= 4 is 11.9 Å². The van der Waals surface area contributed by atoms with Gasteiger partial charge in [0, 0.05) is 6.42 Å². The number of ether oxygens (including phenoxy) is 2. The number of carbonyl (C=O) groups is 2. The number of carbonyl (C=O) groups excluding carboxylic acids is 2. The van der Waals surface area contributed by atoms with E-state index in [4.69, 9.17) is 0 Å². The Morgan fingerprint density at radius 3 is 2.57 bits per heavy atom. The van der Waals surface area contributed by atoms with Crippen LogP contribution in [0.4, 0.5) is 4.39 Å². The van der Waals surface area contributed by atoms with Crippen LogP contribution in [0, 0.1) is 0 Å². The quantitative estimate of drug-likeness (QED) is 0.501. The minimum atomic E-state index is -1.00. The van der Waals surface area contributed by atoms with E-state index >= 15 is 0 Å². The van der Waals surface area contributed by atoms with E-state index in [2.05, 4.69) is 9.47 Å². The van der Waals surface area contributed by atoms with Crippen LogP contribution in [-0.4, -0.2) is 25.7 Å². The van der Waals surface area contributed by atoms with Crippen molar-refractivity contribution < 1.29 is 23.5 Å². The third-order valence-corrected chi connectivity index (χ3v) is 1.37. The van der Waals surface area contributed by atoms with Crippen LogP contribution >= 0.6 is 0 Å². The lowest BCUT2D eigenvalue weighted by molar-refractivity contribution is -0.141. The van der Waals surface area contributed by atoms with E-state index in [1.165, 1.54) is 7.11 Å². The molecule has 4 nitrogen and oxygen atoms in total. The normalized spacial score (nSPS) is 10.9. The molecule has 5 heteroatoms. The molecule has 0 aromatic rings. The van der Waals surface area contributed by atoms with Crippen molar-refractivity contribution in [1.29, 1.82) is 0 Å². The first-order chi connectivity index (χ1) is 6.61. The lowest BCUT2D eigenvalue weighted by atomic mass is 10.3. The molecule has 0 rings (SSSR count). The minimum Gasteiger partial charge on any atom is -0.469 e. The Balaban J connectivity index is 3.87. The largest absolute Gasteiger partial charge is 0.469 e. The molecule has 0 N–H and O–H groups in total. The fraction of sp³-hybridized carbons (Fsp3) is 0.556. The average molecular weight is 204 g/mol. The zero-order valence-corrected chi connectivity index (χ0v) is 8.21. The molecule has 0 atom stereocenters. The number of esters is 2. The van der Waals surface area contributed by atoms with E-state index < -0.39 is 17.8 Å². The third-order valence-electron chi connectivity index (χ3n) is 1.37. The van der Waals surface area contributed by atoms with Crippen molar-refractivity contribution in [3.8, 4) is 0 Å². The molecule has 0 aromatic heterocycles. The van der Waals surface area contributed by atoms with Crippen molar-refractivity contribution in [2.24, 2.45) is 0 Å². The molecule has 0 fully saturated rings. The van der Waals surface area contributed by atoms with Crippen LogP contribution in [-0.2, 0) is 19.1 Å². The van der Waals surface area contributed by atoms with E-state index in [0.717, 1.165) is 6.08 Å². The second-order valence-corrected chi connectivity index (χ2v) is 2.39. The summed E-state index contributed by atoms with van der Waals surface area (Å²) >= 11 is 0. The van der Waals surface area contributed by atoms with Crippen molar-refractivity contribution in [1.82, 2.24) is 0 Å². The highest BCUT2D eigenvalue weighted by Crippen LogP contribution is 2.03. The topological polar surface area (TPSA) is 52.6 Å². The van der Waals surface area contributed by atoms with E-state index in [0.29, 0.717) is 0 Å². The van der Waals surface area contributed by atoms with Gasteiger partial charge in [0.05, 0.1) is 13.7 Å². The third kappa shape index (κ3) is 5.29. The molecule has 0 saturated heterocycles. The first-order valence-corrected chi connectivity index (χ1v) is 4.21. The number of methoxy groups -OCH3 is 1. The van der Waals surface area contributed by atoms with Crippen LogP contribution < -0.4 is 0 Å². The molecule has 0 aliphatic rings. The van der Waals surface area contributed by atoms with Gasteiger partial charge in [-0.3, -0.25) is 4.79 Å². The van der Waals surface area contributed by atoms with Crippen molar-refractivity contribution in [3.63, 3.8) is 0 Å². The Morgan fingerprint density at radius 2 is 2.07 bits per heavy atom. The zero-order valence-electron chi connectivity index (χ0n) is 8.21. The van der Waals surface area contributed by atoms with Gasteiger partial charge in [0.2, 0.25) is 5.83 Å². The SMILES string of the molecule is CCOC(=O)/C(F)=C/CCC(=O)OC. The minimum absolute atomic E-state index is 0.0450. The van der Waals surface area contributed by atoms with Crippen LogP contribution in [0.3, 0.4) is 0 Å².